The molecule has 0 amide bonds. The van der Waals surface area contributed by atoms with E-state index in [1.165, 1.54) is 0 Å². The highest BCUT2D eigenvalue weighted by Gasteiger charge is 2.07. The number of rotatable bonds is 11. The first kappa shape index (κ1) is 16.1. The molecule has 0 aromatic rings. The number of hydrogen-bond acceptors (Lipinski definition) is 4. The van der Waals surface area contributed by atoms with Crippen LogP contribution in [0, 0.1) is 0 Å². The van der Waals surface area contributed by atoms with Gasteiger partial charge in [-0.1, -0.05) is 38.7 Å². The van der Waals surface area contributed by atoms with Gasteiger partial charge in [0.1, 0.15) is 0 Å². The van der Waals surface area contributed by atoms with Crippen LogP contribution in [0.3, 0.4) is 0 Å². The van der Waals surface area contributed by atoms with Gasteiger partial charge in [0.05, 0.1) is 0 Å². The predicted molar refractivity (Wildman–Crippen MR) is 66.3 cm³/mol. The molecular weight excluding hydrogens is 220 g/mol. The van der Waals surface area contributed by atoms with Gasteiger partial charge < -0.3 is 14.9 Å². The Labute approximate surface area is 103 Å². The van der Waals surface area contributed by atoms with Crippen LogP contribution in [-0.2, 0) is 9.53 Å². The molecule has 0 rings (SSSR count). The molecule has 1 atom stereocenters. The molecule has 0 fully saturated rings. The summed E-state index contributed by atoms with van der Waals surface area (Å²) in [5, 5.41) is 17.9. The molecule has 0 aliphatic rings. The molecule has 0 saturated heterocycles. The minimum atomic E-state index is -1.00. The molecule has 0 aliphatic heterocycles. The Morgan fingerprint density at radius 2 is 1.65 bits per heavy atom. The van der Waals surface area contributed by atoms with Crippen molar-refractivity contribution in [1.29, 1.82) is 0 Å². The van der Waals surface area contributed by atoms with Crippen LogP contribution in [0.2, 0.25) is 0 Å². The van der Waals surface area contributed by atoms with Gasteiger partial charge in [0.15, 0.2) is 0 Å². The molecule has 100 valence electrons. The van der Waals surface area contributed by atoms with Crippen molar-refractivity contribution >= 4 is 5.97 Å². The van der Waals surface area contributed by atoms with Gasteiger partial charge in [-0.2, -0.15) is 0 Å². The summed E-state index contributed by atoms with van der Waals surface area (Å²) in [4.78, 5) is 10.7. The normalized spacial score (nSPS) is 12.1. The molecule has 0 aliphatic carbocycles. The van der Waals surface area contributed by atoms with E-state index in [-0.39, 0.29) is 6.61 Å². The molecule has 0 saturated carbocycles. The number of ether oxygens (including phenoxy) is 1. The van der Waals surface area contributed by atoms with Crippen molar-refractivity contribution in [1.82, 2.24) is 0 Å². The Morgan fingerprint density at radius 3 is 2.18 bits per heavy atom. The Hall–Kier alpha value is -0.870. The molecule has 0 aromatic carbocycles. The van der Waals surface area contributed by atoms with Gasteiger partial charge in [-0.25, -0.2) is 4.79 Å². The van der Waals surface area contributed by atoms with Crippen LogP contribution in [0.25, 0.3) is 0 Å². The highest BCUT2D eigenvalue weighted by molar-refractivity contribution is 5.81. The molecule has 4 heteroatoms. The number of hydrogen-bond donors (Lipinski definition) is 2. The van der Waals surface area contributed by atoms with Crippen molar-refractivity contribution in [3.63, 3.8) is 0 Å². The summed E-state index contributed by atoms with van der Waals surface area (Å²) in [6.45, 7) is 3.53. The molecule has 0 aromatic heterocycles. The van der Waals surface area contributed by atoms with E-state index in [1.54, 1.807) is 0 Å². The first-order chi connectivity index (χ1) is 8.20. The van der Waals surface area contributed by atoms with Crippen LogP contribution in [0.5, 0.6) is 0 Å². The molecule has 0 spiro atoms. The lowest BCUT2D eigenvalue weighted by Gasteiger charge is -2.10. The van der Waals surface area contributed by atoms with Gasteiger partial charge in [0.2, 0.25) is 6.29 Å². The number of unbranched alkanes of at least 4 members (excludes halogenated alkanes) is 6. The Kier molecular flexibility index (Phi) is 11.0. The van der Waals surface area contributed by atoms with Crippen LogP contribution >= 0.6 is 0 Å². The first-order valence-electron chi connectivity index (χ1n) is 6.32. The fourth-order valence-electron chi connectivity index (χ4n) is 1.56. The first-order valence-corrected chi connectivity index (χ1v) is 6.32. The summed E-state index contributed by atoms with van der Waals surface area (Å²) in [6, 6.07) is 0. The number of aliphatic hydroxyl groups is 2. The Balaban J connectivity index is 3.21. The van der Waals surface area contributed by atoms with E-state index in [0.29, 0.717) is 6.42 Å². The third-order valence-electron chi connectivity index (χ3n) is 2.53. The van der Waals surface area contributed by atoms with Crippen LogP contribution in [-0.4, -0.2) is 29.1 Å². The summed E-state index contributed by atoms with van der Waals surface area (Å²) in [6.07, 6.45) is 7.79. The fraction of sp³-hybridized carbons (Fsp3) is 0.769. The molecule has 0 radical (unpaired) electrons. The highest BCUT2D eigenvalue weighted by atomic mass is 16.6. The molecule has 1 unspecified atom stereocenters. The van der Waals surface area contributed by atoms with Gasteiger partial charge in [0, 0.05) is 19.1 Å². The van der Waals surface area contributed by atoms with Crippen LogP contribution in [0.4, 0.5) is 0 Å². The summed E-state index contributed by atoms with van der Waals surface area (Å²) >= 11 is 0. The van der Waals surface area contributed by atoms with Crippen LogP contribution in [0.1, 0.15) is 51.4 Å². The number of esters is 1. The molecule has 0 bridgehead atoms. The zero-order chi connectivity index (χ0) is 12.9. The van der Waals surface area contributed by atoms with Gasteiger partial charge in [-0.3, -0.25) is 0 Å². The Bertz CT molecular complexity index is 204. The maximum absolute atomic E-state index is 10.7. The van der Waals surface area contributed by atoms with Crippen molar-refractivity contribution in [2.75, 3.05) is 6.61 Å². The topological polar surface area (TPSA) is 66.8 Å². The van der Waals surface area contributed by atoms with Gasteiger partial charge in [0.25, 0.3) is 0 Å². The van der Waals surface area contributed by atoms with Crippen LogP contribution < -0.4 is 0 Å². The summed E-state index contributed by atoms with van der Waals surface area (Å²) in [5.41, 5.74) is 0. The van der Waals surface area contributed by atoms with Crippen molar-refractivity contribution in [2.45, 2.75) is 57.7 Å². The van der Waals surface area contributed by atoms with E-state index < -0.39 is 12.3 Å². The second kappa shape index (κ2) is 11.6. The van der Waals surface area contributed by atoms with E-state index in [2.05, 4.69) is 11.3 Å². The van der Waals surface area contributed by atoms with E-state index in [4.69, 9.17) is 5.11 Å². The van der Waals surface area contributed by atoms with E-state index in [9.17, 15) is 9.90 Å². The molecule has 17 heavy (non-hydrogen) atoms. The lowest BCUT2D eigenvalue weighted by molar-refractivity contribution is -0.162. The smallest absolute Gasteiger partial charge is 0.332 e. The lowest BCUT2D eigenvalue weighted by Crippen LogP contribution is -2.15. The van der Waals surface area contributed by atoms with Crippen molar-refractivity contribution in [2.24, 2.45) is 0 Å². The number of carbonyl (C=O) groups is 1. The largest absolute Gasteiger partial charge is 0.433 e. The van der Waals surface area contributed by atoms with E-state index in [0.717, 1.165) is 51.0 Å². The average molecular weight is 244 g/mol. The zero-order valence-electron chi connectivity index (χ0n) is 10.4. The number of aliphatic hydroxyl groups excluding tert-OH is 2. The van der Waals surface area contributed by atoms with Gasteiger partial charge in [-0.15, -0.1) is 0 Å². The summed E-state index contributed by atoms with van der Waals surface area (Å²) < 4.78 is 4.63. The third kappa shape index (κ3) is 11.4. The lowest BCUT2D eigenvalue weighted by atomic mass is 10.1. The maximum atomic E-state index is 10.7. The number of carbonyl (C=O) groups excluding carboxylic acids is 1. The van der Waals surface area contributed by atoms with Gasteiger partial charge >= 0.3 is 5.97 Å². The second-order valence-electron chi connectivity index (χ2n) is 4.08. The second-order valence-corrected chi connectivity index (χ2v) is 4.08. The monoisotopic (exact) mass is 244 g/mol. The molecular formula is C13H24O4. The van der Waals surface area contributed by atoms with Gasteiger partial charge in [-0.05, 0) is 12.8 Å². The Morgan fingerprint density at radius 1 is 1.12 bits per heavy atom. The maximum Gasteiger partial charge on any atom is 0.332 e. The SMILES string of the molecule is C=CC(=O)OC(O)CCCCCCCCCO. The minimum absolute atomic E-state index is 0.279. The van der Waals surface area contributed by atoms with Crippen molar-refractivity contribution in [3.05, 3.63) is 12.7 Å². The molecule has 2 N–H and O–H groups in total. The fourth-order valence-corrected chi connectivity index (χ4v) is 1.56. The summed E-state index contributed by atoms with van der Waals surface area (Å²) in [5.74, 6) is -0.582. The van der Waals surface area contributed by atoms with Crippen molar-refractivity contribution in [3.8, 4) is 0 Å². The minimum Gasteiger partial charge on any atom is -0.433 e. The average Bonchev–Trinajstić information content (AvgIpc) is 2.32. The predicted octanol–water partition coefficient (Wildman–Crippen LogP) is 2.15. The standard InChI is InChI=1S/C13H24O4/c1-2-12(15)17-13(16)10-8-6-4-3-5-7-9-11-14/h2,13-14,16H,1,3-11H2. The molecule has 4 nitrogen and oxygen atoms in total. The quantitative estimate of drug-likeness (QED) is 0.253. The zero-order valence-corrected chi connectivity index (χ0v) is 10.4. The molecule has 0 heterocycles. The third-order valence-corrected chi connectivity index (χ3v) is 2.53. The van der Waals surface area contributed by atoms with Crippen LogP contribution in [0.15, 0.2) is 12.7 Å². The van der Waals surface area contributed by atoms with Crippen molar-refractivity contribution < 1.29 is 19.7 Å². The van der Waals surface area contributed by atoms with E-state index in [1.807, 2.05) is 0 Å². The summed E-state index contributed by atoms with van der Waals surface area (Å²) in [7, 11) is 0. The van der Waals surface area contributed by atoms with E-state index >= 15 is 0 Å². The highest BCUT2D eigenvalue weighted by Crippen LogP contribution is 2.10.